The molecule has 2 aliphatic carbocycles. The quantitative estimate of drug-likeness (QED) is 0.255. The summed E-state index contributed by atoms with van der Waals surface area (Å²) in [4.78, 5) is 21.9. The number of nitrogens with zero attached hydrogens (tertiary/aromatic N) is 3. The first-order valence-corrected chi connectivity index (χ1v) is 17.3. The van der Waals surface area contributed by atoms with Gasteiger partial charge in [0.25, 0.3) is 5.54 Å². The van der Waals surface area contributed by atoms with Gasteiger partial charge in [-0.3, -0.25) is 4.79 Å². The first-order valence-electron chi connectivity index (χ1n) is 15.8. The molecule has 2 heterocycles. The van der Waals surface area contributed by atoms with E-state index in [0.717, 1.165) is 88.9 Å². The molecule has 0 amide bonds. The Labute approximate surface area is 255 Å². The molecule has 2 aliphatic heterocycles. The van der Waals surface area contributed by atoms with Gasteiger partial charge in [-0.25, -0.2) is 19.4 Å². The van der Waals surface area contributed by atoms with E-state index in [9.17, 15) is 17.6 Å². The first-order chi connectivity index (χ1) is 20.7. The Morgan fingerprint density at radius 3 is 2.40 bits per heavy atom. The zero-order valence-electron chi connectivity index (χ0n) is 25.0. The van der Waals surface area contributed by atoms with Crippen LogP contribution in [0.3, 0.4) is 0 Å². The average Bonchev–Trinajstić information content (AvgIpc) is 3.77. The van der Waals surface area contributed by atoms with Gasteiger partial charge < -0.3 is 19.4 Å². The highest BCUT2D eigenvalue weighted by molar-refractivity contribution is 7.92. The van der Waals surface area contributed by atoms with E-state index in [1.54, 1.807) is 24.3 Å². The zero-order chi connectivity index (χ0) is 30.2. The minimum atomic E-state index is -3.16. The van der Waals surface area contributed by atoms with Gasteiger partial charge >= 0.3 is 5.97 Å². The van der Waals surface area contributed by atoms with Crippen LogP contribution in [0.15, 0.2) is 53.4 Å². The second-order valence-electron chi connectivity index (χ2n) is 13.1. The second-order valence-corrected chi connectivity index (χ2v) is 15.3. The second kappa shape index (κ2) is 12.2. The summed E-state index contributed by atoms with van der Waals surface area (Å²) in [5.41, 5.74) is 0.975. The Kier molecular flexibility index (Phi) is 8.54. The van der Waals surface area contributed by atoms with Crippen molar-refractivity contribution in [2.24, 2.45) is 23.7 Å². The number of halogens is 1. The minimum absolute atomic E-state index is 0.00621. The van der Waals surface area contributed by atoms with Crippen LogP contribution < -0.4 is 4.90 Å². The normalized spacial score (nSPS) is 25.1. The number of ether oxygens (including phenoxy) is 1. The van der Waals surface area contributed by atoms with E-state index >= 15 is 0 Å². The van der Waals surface area contributed by atoms with Crippen LogP contribution in [0.1, 0.15) is 56.9 Å². The summed E-state index contributed by atoms with van der Waals surface area (Å²) in [6, 6.07) is 14.0. The summed E-state index contributed by atoms with van der Waals surface area (Å²) in [5, 5.41) is -0.191. The van der Waals surface area contributed by atoms with Crippen LogP contribution in [-0.2, 0) is 24.9 Å². The van der Waals surface area contributed by atoms with Crippen LogP contribution in [0, 0.1) is 36.1 Å². The molecule has 2 saturated heterocycles. The van der Waals surface area contributed by atoms with Crippen molar-refractivity contribution in [3.05, 3.63) is 71.3 Å². The lowest BCUT2D eigenvalue weighted by Crippen LogP contribution is -2.53. The maximum absolute atomic E-state index is 14.5. The van der Waals surface area contributed by atoms with Crippen molar-refractivity contribution in [3.8, 4) is 0 Å². The van der Waals surface area contributed by atoms with Crippen molar-refractivity contribution in [2.75, 3.05) is 44.7 Å². The minimum Gasteiger partial charge on any atom is -0.469 e. The molecule has 6 rings (SSSR count). The SMILES string of the molecule is [C-]#[N+][C@@](c1cccc(F)c1)(C1CCN(CC2CN(c3ccc(S(=O)(=O)C4CC4)cc3)C2)CC1)[C@H]1CCC[C@@H]1CC(=O)OC. The number of carbonyl (C=O) groups is 1. The van der Waals surface area contributed by atoms with E-state index in [1.165, 1.54) is 13.2 Å². The van der Waals surface area contributed by atoms with Crippen molar-refractivity contribution in [2.45, 2.75) is 67.1 Å². The van der Waals surface area contributed by atoms with E-state index in [2.05, 4.69) is 14.6 Å². The molecule has 7 nitrogen and oxygen atoms in total. The van der Waals surface area contributed by atoms with E-state index in [1.807, 2.05) is 18.2 Å². The number of benzene rings is 2. The summed E-state index contributed by atoms with van der Waals surface area (Å²) in [6.45, 7) is 13.2. The fourth-order valence-corrected chi connectivity index (χ4v) is 9.78. The third kappa shape index (κ3) is 5.93. The molecule has 9 heteroatoms. The number of rotatable bonds is 10. The van der Waals surface area contributed by atoms with E-state index < -0.39 is 15.4 Å². The summed E-state index contributed by atoms with van der Waals surface area (Å²) in [5.74, 6) is 0.131. The summed E-state index contributed by atoms with van der Waals surface area (Å²) >= 11 is 0. The molecule has 230 valence electrons. The van der Waals surface area contributed by atoms with Gasteiger partial charge in [-0.1, -0.05) is 18.6 Å². The molecule has 0 aromatic heterocycles. The lowest BCUT2D eigenvalue weighted by atomic mass is 9.63. The highest BCUT2D eigenvalue weighted by atomic mass is 32.2. The Balaban J connectivity index is 1.09. The van der Waals surface area contributed by atoms with Crippen LogP contribution in [0.2, 0.25) is 0 Å². The Morgan fingerprint density at radius 1 is 1.05 bits per heavy atom. The number of anilines is 1. The van der Waals surface area contributed by atoms with Crippen molar-refractivity contribution in [3.63, 3.8) is 0 Å². The molecule has 4 aliphatic rings. The Morgan fingerprint density at radius 2 is 1.77 bits per heavy atom. The summed E-state index contributed by atoms with van der Waals surface area (Å²) in [6.07, 6.45) is 6.32. The van der Waals surface area contributed by atoms with Gasteiger partial charge in [0.1, 0.15) is 5.82 Å². The fraction of sp³-hybridized carbons (Fsp3) is 0.588. The maximum Gasteiger partial charge on any atom is 0.305 e. The van der Waals surface area contributed by atoms with Crippen molar-refractivity contribution >= 4 is 21.5 Å². The molecular weight excluding hydrogens is 565 g/mol. The van der Waals surface area contributed by atoms with Gasteiger partial charge in [-0.05, 0) is 93.9 Å². The third-order valence-electron chi connectivity index (χ3n) is 10.5. The first kappa shape index (κ1) is 30.1. The van der Waals surface area contributed by atoms with Crippen LogP contribution in [0.5, 0.6) is 0 Å². The average molecular weight is 608 g/mol. The lowest BCUT2D eigenvalue weighted by molar-refractivity contribution is -0.142. The molecule has 4 fully saturated rings. The number of sulfone groups is 1. The predicted octanol–water partition coefficient (Wildman–Crippen LogP) is 5.70. The Bertz CT molecular complexity index is 1460. The number of likely N-dealkylation sites (tertiary alicyclic amines) is 1. The van der Waals surface area contributed by atoms with Gasteiger partial charge in [-0.15, -0.1) is 0 Å². The highest BCUT2D eigenvalue weighted by Crippen LogP contribution is 2.54. The molecule has 43 heavy (non-hydrogen) atoms. The number of piperidine rings is 1. The monoisotopic (exact) mass is 607 g/mol. The van der Waals surface area contributed by atoms with Crippen LogP contribution in [0.25, 0.3) is 4.85 Å². The number of hydrogen-bond acceptors (Lipinski definition) is 6. The summed E-state index contributed by atoms with van der Waals surface area (Å²) in [7, 11) is -1.75. The topological polar surface area (TPSA) is 71.3 Å². The van der Waals surface area contributed by atoms with Crippen LogP contribution >= 0.6 is 0 Å². The fourth-order valence-electron chi connectivity index (χ4n) is 8.12. The smallest absolute Gasteiger partial charge is 0.305 e. The van der Waals surface area contributed by atoms with Gasteiger partial charge in [0, 0.05) is 55.1 Å². The number of methoxy groups -OCH3 is 1. The number of hydrogen-bond donors (Lipinski definition) is 0. The molecule has 2 aromatic carbocycles. The molecule has 0 radical (unpaired) electrons. The van der Waals surface area contributed by atoms with Gasteiger partial charge in [0.05, 0.1) is 17.3 Å². The van der Waals surface area contributed by atoms with E-state index in [0.29, 0.717) is 17.2 Å². The molecule has 0 N–H and O–H groups in total. The van der Waals surface area contributed by atoms with Crippen molar-refractivity contribution in [1.29, 1.82) is 0 Å². The Hall–Kier alpha value is -2.96. The molecule has 0 bridgehead atoms. The maximum atomic E-state index is 14.5. The molecule has 0 spiro atoms. The lowest BCUT2D eigenvalue weighted by Gasteiger charge is -2.46. The standard InChI is InChI=1S/C34H42FN3O4S/c1-36-34(27-6-4-7-28(35)20-27,32-8-3-5-25(32)19-33(39)42-2)26-15-17-37(18-16-26)21-24-22-38(23-24)29-9-11-30(12-10-29)43(40,41)31-13-14-31/h4,6-7,9-12,20,24-26,31-32H,3,5,8,13-19,21-23H2,2H3/t25-,32+,34-/m1/s1. The summed E-state index contributed by atoms with van der Waals surface area (Å²) < 4.78 is 44.6. The molecule has 2 aromatic rings. The number of esters is 1. The molecular formula is C34H42FN3O4S. The van der Waals surface area contributed by atoms with Crippen LogP contribution in [0.4, 0.5) is 10.1 Å². The highest BCUT2D eigenvalue weighted by Gasteiger charge is 2.58. The zero-order valence-corrected chi connectivity index (χ0v) is 25.8. The van der Waals surface area contributed by atoms with Gasteiger partial charge in [0.2, 0.25) is 0 Å². The molecule has 3 atom stereocenters. The van der Waals surface area contributed by atoms with E-state index in [-0.39, 0.29) is 34.8 Å². The molecule has 2 saturated carbocycles. The molecule has 0 unspecified atom stereocenters. The van der Waals surface area contributed by atoms with Gasteiger partial charge in [0.15, 0.2) is 9.84 Å². The predicted molar refractivity (Wildman–Crippen MR) is 164 cm³/mol. The van der Waals surface area contributed by atoms with Gasteiger partial charge in [-0.2, -0.15) is 0 Å². The van der Waals surface area contributed by atoms with E-state index in [4.69, 9.17) is 11.3 Å². The third-order valence-corrected chi connectivity index (χ3v) is 12.8. The van der Waals surface area contributed by atoms with Crippen LogP contribution in [-0.4, -0.2) is 64.4 Å². The largest absolute Gasteiger partial charge is 0.469 e. The number of carbonyl (C=O) groups excluding carboxylic acids is 1. The van der Waals surface area contributed by atoms with Crippen molar-refractivity contribution < 1.29 is 22.3 Å². The van der Waals surface area contributed by atoms with Crippen molar-refractivity contribution in [1.82, 2.24) is 4.90 Å².